The maximum atomic E-state index is 9.11. The monoisotopic (exact) mass is 368 g/mol. The fraction of sp³-hybridized carbons (Fsp3) is 0.167. The van der Waals surface area contributed by atoms with Crippen LogP contribution in [0.4, 0.5) is 5.69 Å². The average Bonchev–Trinajstić information content (AvgIpc) is 2.95. The third-order valence-corrected chi connectivity index (χ3v) is 4.70. The van der Waals surface area contributed by atoms with Crippen molar-refractivity contribution >= 4 is 45.5 Å². The Labute approximate surface area is 154 Å². The zero-order valence-electron chi connectivity index (χ0n) is 13.8. The van der Waals surface area contributed by atoms with Gasteiger partial charge in [-0.15, -0.1) is 16.3 Å². The lowest BCUT2D eigenvalue weighted by molar-refractivity contribution is 0.523. The van der Waals surface area contributed by atoms with Gasteiger partial charge in [0.15, 0.2) is 3.95 Å². The summed E-state index contributed by atoms with van der Waals surface area (Å²) >= 11 is 6.72. The molecular weight excluding hydrogens is 352 g/mol. The fourth-order valence-electron chi connectivity index (χ4n) is 2.48. The number of hydrogen-bond donors (Lipinski definition) is 1. The summed E-state index contributed by atoms with van der Waals surface area (Å²) in [6.45, 7) is 4.04. The minimum Gasteiger partial charge on any atom is -0.425 e. The highest BCUT2D eigenvalue weighted by Gasteiger charge is 2.20. The minimum atomic E-state index is 0.0418. The molecule has 7 heteroatoms. The Morgan fingerprint density at radius 1 is 1.28 bits per heavy atom. The standard InChI is InChI=1S/C18H16N4OS2/c1-12(2)22(13-8-9-15-16(10-13)25-18(24)21-15)17(20-11-19)23-14-6-4-3-5-7-14/h3-10,12H,1-2H3,(H,21,24). The normalized spacial score (nSPS) is 11.5. The Bertz CT molecular complexity index is 999. The highest BCUT2D eigenvalue weighted by molar-refractivity contribution is 7.73. The molecule has 3 rings (SSSR count). The van der Waals surface area contributed by atoms with E-state index in [1.165, 1.54) is 11.3 Å². The van der Waals surface area contributed by atoms with Crippen LogP contribution in [0.1, 0.15) is 13.8 Å². The Hall–Kier alpha value is -2.69. The first kappa shape index (κ1) is 17.1. The van der Waals surface area contributed by atoms with Gasteiger partial charge < -0.3 is 9.72 Å². The summed E-state index contributed by atoms with van der Waals surface area (Å²) in [4.78, 5) is 8.94. The molecule has 0 saturated heterocycles. The summed E-state index contributed by atoms with van der Waals surface area (Å²) in [7, 11) is 0. The summed E-state index contributed by atoms with van der Waals surface area (Å²) in [5, 5.41) is 9.11. The van der Waals surface area contributed by atoms with E-state index in [9.17, 15) is 0 Å². The molecule has 1 heterocycles. The predicted octanol–water partition coefficient (Wildman–Crippen LogP) is 5.09. The van der Waals surface area contributed by atoms with Crippen molar-refractivity contribution in [3.63, 3.8) is 0 Å². The van der Waals surface area contributed by atoms with E-state index < -0.39 is 0 Å². The first-order chi connectivity index (χ1) is 12.1. The van der Waals surface area contributed by atoms with Crippen molar-refractivity contribution in [3.8, 4) is 11.9 Å². The number of nitriles is 1. The maximum Gasteiger partial charge on any atom is 0.313 e. The molecule has 126 valence electrons. The highest BCUT2D eigenvalue weighted by Crippen LogP contribution is 2.27. The van der Waals surface area contributed by atoms with Gasteiger partial charge in [0.25, 0.3) is 0 Å². The molecule has 25 heavy (non-hydrogen) atoms. The number of rotatable bonds is 3. The van der Waals surface area contributed by atoms with Crippen LogP contribution in [0.2, 0.25) is 0 Å². The molecular formula is C18H16N4OS2. The van der Waals surface area contributed by atoms with E-state index in [4.69, 9.17) is 22.2 Å². The first-order valence-corrected chi connectivity index (χ1v) is 8.93. The molecule has 0 fully saturated rings. The number of fused-ring (bicyclic) bond motifs is 1. The van der Waals surface area contributed by atoms with Gasteiger partial charge in [0, 0.05) is 11.7 Å². The van der Waals surface area contributed by atoms with E-state index in [-0.39, 0.29) is 12.1 Å². The van der Waals surface area contributed by atoms with Gasteiger partial charge in [-0.3, -0.25) is 4.90 Å². The Kier molecular flexibility index (Phi) is 5.12. The van der Waals surface area contributed by atoms with E-state index >= 15 is 0 Å². The number of H-pyrrole nitrogens is 1. The molecule has 3 aromatic rings. The van der Waals surface area contributed by atoms with Crippen LogP contribution in [-0.4, -0.2) is 17.0 Å². The quantitative estimate of drug-likeness (QED) is 0.303. The molecule has 0 aliphatic heterocycles. The van der Waals surface area contributed by atoms with Crippen LogP contribution in [0.3, 0.4) is 0 Å². The Morgan fingerprint density at radius 2 is 2.04 bits per heavy atom. The number of anilines is 1. The molecule has 0 aliphatic rings. The van der Waals surface area contributed by atoms with Crippen LogP contribution in [-0.2, 0) is 0 Å². The number of thiazole rings is 1. The van der Waals surface area contributed by atoms with Crippen LogP contribution in [0.25, 0.3) is 10.2 Å². The number of amidine groups is 1. The summed E-state index contributed by atoms with van der Waals surface area (Å²) in [6, 6.07) is 15.5. The van der Waals surface area contributed by atoms with Crippen molar-refractivity contribution in [2.24, 2.45) is 4.99 Å². The van der Waals surface area contributed by atoms with Crippen LogP contribution >= 0.6 is 23.6 Å². The zero-order chi connectivity index (χ0) is 17.8. The van der Waals surface area contributed by atoms with Gasteiger partial charge in [-0.05, 0) is 56.4 Å². The van der Waals surface area contributed by atoms with Crippen LogP contribution in [0.5, 0.6) is 5.75 Å². The smallest absolute Gasteiger partial charge is 0.313 e. The summed E-state index contributed by atoms with van der Waals surface area (Å²) < 4.78 is 7.66. The van der Waals surface area contributed by atoms with E-state index in [0.717, 1.165) is 19.9 Å². The number of ether oxygens (including phenoxy) is 1. The van der Waals surface area contributed by atoms with E-state index in [2.05, 4.69) is 9.98 Å². The van der Waals surface area contributed by atoms with Crippen molar-refractivity contribution in [2.45, 2.75) is 19.9 Å². The third kappa shape index (κ3) is 3.87. The summed E-state index contributed by atoms with van der Waals surface area (Å²) in [6.07, 6.45) is 1.84. The highest BCUT2D eigenvalue weighted by atomic mass is 32.1. The van der Waals surface area contributed by atoms with E-state index in [1.807, 2.05) is 73.5 Å². The Morgan fingerprint density at radius 3 is 2.72 bits per heavy atom. The average molecular weight is 368 g/mol. The number of benzene rings is 2. The van der Waals surface area contributed by atoms with Gasteiger partial charge in [-0.25, -0.2) is 0 Å². The first-order valence-electron chi connectivity index (χ1n) is 7.70. The van der Waals surface area contributed by atoms with E-state index in [1.54, 1.807) is 0 Å². The number of aromatic nitrogens is 1. The van der Waals surface area contributed by atoms with Crippen LogP contribution in [0, 0.1) is 15.4 Å². The van der Waals surface area contributed by atoms with Crippen LogP contribution in [0.15, 0.2) is 53.5 Å². The van der Waals surface area contributed by atoms with Gasteiger partial charge in [0.2, 0.25) is 6.19 Å². The van der Waals surface area contributed by atoms with Gasteiger partial charge in [0.1, 0.15) is 5.75 Å². The lowest BCUT2D eigenvalue weighted by atomic mass is 10.2. The van der Waals surface area contributed by atoms with Crippen molar-refractivity contribution < 1.29 is 4.74 Å². The molecule has 0 saturated carbocycles. The van der Waals surface area contributed by atoms with Crippen molar-refractivity contribution in [1.29, 1.82) is 5.26 Å². The van der Waals surface area contributed by atoms with Crippen molar-refractivity contribution in [3.05, 3.63) is 52.5 Å². The molecule has 0 spiro atoms. The molecule has 1 aromatic heterocycles. The number of para-hydroxylation sites is 1. The largest absolute Gasteiger partial charge is 0.425 e. The van der Waals surface area contributed by atoms with Gasteiger partial charge in [-0.1, -0.05) is 18.2 Å². The third-order valence-electron chi connectivity index (χ3n) is 3.50. The zero-order valence-corrected chi connectivity index (χ0v) is 15.4. The molecule has 0 aliphatic carbocycles. The van der Waals surface area contributed by atoms with E-state index in [0.29, 0.717) is 5.75 Å². The second-order valence-electron chi connectivity index (χ2n) is 5.57. The number of aromatic amines is 1. The Balaban J connectivity index is 2.03. The molecule has 5 nitrogen and oxygen atoms in total. The van der Waals surface area contributed by atoms with Gasteiger partial charge in [-0.2, -0.15) is 5.26 Å². The number of nitrogens with zero attached hydrogens (tertiary/aromatic N) is 3. The van der Waals surface area contributed by atoms with Crippen molar-refractivity contribution in [1.82, 2.24) is 4.98 Å². The topological polar surface area (TPSA) is 64.4 Å². The van der Waals surface area contributed by atoms with Crippen LogP contribution < -0.4 is 9.64 Å². The lowest BCUT2D eigenvalue weighted by Gasteiger charge is -2.28. The second kappa shape index (κ2) is 7.47. The molecule has 2 aromatic carbocycles. The number of hydrogen-bond acceptors (Lipinski definition) is 5. The fourth-order valence-corrected chi connectivity index (χ4v) is 3.62. The molecule has 0 unspecified atom stereocenters. The van der Waals surface area contributed by atoms with Gasteiger partial charge in [0.05, 0.1) is 10.2 Å². The summed E-state index contributed by atoms with van der Waals surface area (Å²) in [5.74, 6) is 0.625. The molecule has 0 bridgehead atoms. The molecule has 0 atom stereocenters. The second-order valence-corrected chi connectivity index (χ2v) is 7.29. The summed E-state index contributed by atoms with van der Waals surface area (Å²) in [5.41, 5.74) is 1.88. The maximum absolute atomic E-state index is 9.11. The number of nitrogens with one attached hydrogen (secondary N) is 1. The van der Waals surface area contributed by atoms with Crippen molar-refractivity contribution in [2.75, 3.05) is 4.90 Å². The predicted molar refractivity (Wildman–Crippen MR) is 105 cm³/mol. The SMILES string of the molecule is CC(C)N(C(=NC#N)Oc1ccccc1)c1ccc2[nH]c(=S)sc2c1. The number of aliphatic imine (C=N–C) groups is 1. The minimum absolute atomic E-state index is 0.0418. The lowest BCUT2D eigenvalue weighted by Crippen LogP contribution is -2.40. The molecule has 1 N–H and O–H groups in total. The van der Waals surface area contributed by atoms with Gasteiger partial charge >= 0.3 is 6.02 Å². The molecule has 0 amide bonds. The molecule has 0 radical (unpaired) electrons.